The first-order chi connectivity index (χ1) is 4.86. The SMILES string of the molecule is OCC1CCC(COP)C1. The van der Waals surface area contributed by atoms with Crippen LogP contribution in [0.5, 0.6) is 0 Å². The topological polar surface area (TPSA) is 29.5 Å². The minimum atomic E-state index is 0.355. The van der Waals surface area contributed by atoms with Crippen LogP contribution in [0.15, 0.2) is 0 Å². The Morgan fingerprint density at radius 3 is 2.60 bits per heavy atom. The zero-order valence-electron chi connectivity index (χ0n) is 6.12. The van der Waals surface area contributed by atoms with Gasteiger partial charge in [0.05, 0.1) is 6.61 Å². The average Bonchev–Trinajstić information content (AvgIpc) is 2.37. The fourth-order valence-electron chi connectivity index (χ4n) is 1.63. The van der Waals surface area contributed by atoms with Crippen molar-refractivity contribution in [1.29, 1.82) is 0 Å². The third-order valence-corrected chi connectivity index (χ3v) is 2.43. The average molecular weight is 162 g/mol. The van der Waals surface area contributed by atoms with Gasteiger partial charge in [-0.05, 0) is 31.1 Å². The van der Waals surface area contributed by atoms with Crippen molar-refractivity contribution in [2.24, 2.45) is 11.8 Å². The lowest BCUT2D eigenvalue weighted by Gasteiger charge is -2.06. The second kappa shape index (κ2) is 4.27. The van der Waals surface area contributed by atoms with E-state index in [4.69, 9.17) is 9.63 Å². The molecule has 0 aliphatic heterocycles. The van der Waals surface area contributed by atoms with Gasteiger partial charge >= 0.3 is 0 Å². The zero-order chi connectivity index (χ0) is 7.40. The lowest BCUT2D eigenvalue weighted by atomic mass is 10.1. The van der Waals surface area contributed by atoms with Crippen molar-refractivity contribution in [1.82, 2.24) is 0 Å². The molecule has 3 atom stereocenters. The van der Waals surface area contributed by atoms with Gasteiger partial charge in [-0.25, -0.2) is 0 Å². The Morgan fingerprint density at radius 1 is 1.40 bits per heavy atom. The minimum Gasteiger partial charge on any atom is -0.396 e. The monoisotopic (exact) mass is 162 g/mol. The molecule has 0 bridgehead atoms. The lowest BCUT2D eigenvalue weighted by molar-refractivity contribution is 0.218. The summed E-state index contributed by atoms with van der Waals surface area (Å²) in [5, 5.41) is 8.81. The van der Waals surface area contributed by atoms with E-state index in [-0.39, 0.29) is 0 Å². The third kappa shape index (κ3) is 2.19. The van der Waals surface area contributed by atoms with Gasteiger partial charge in [-0.1, -0.05) is 0 Å². The van der Waals surface area contributed by atoms with E-state index in [0.29, 0.717) is 18.4 Å². The van der Waals surface area contributed by atoms with Crippen LogP contribution in [0.4, 0.5) is 0 Å². The van der Waals surface area contributed by atoms with Crippen molar-refractivity contribution in [2.75, 3.05) is 13.2 Å². The number of hydrogen-bond acceptors (Lipinski definition) is 2. The number of hydrogen-bond donors (Lipinski definition) is 1. The quantitative estimate of drug-likeness (QED) is 0.632. The Bertz CT molecular complexity index is 97.6. The molecule has 10 heavy (non-hydrogen) atoms. The molecule has 1 aliphatic carbocycles. The number of rotatable bonds is 3. The summed E-state index contributed by atoms with van der Waals surface area (Å²) in [6.45, 7) is 1.19. The molecule has 3 unspecified atom stereocenters. The van der Waals surface area contributed by atoms with Gasteiger partial charge < -0.3 is 9.63 Å². The fourth-order valence-corrected chi connectivity index (χ4v) is 1.90. The zero-order valence-corrected chi connectivity index (χ0v) is 7.28. The summed E-state index contributed by atoms with van der Waals surface area (Å²) in [6.07, 6.45) is 3.54. The largest absolute Gasteiger partial charge is 0.396 e. The Morgan fingerprint density at radius 2 is 2.10 bits per heavy atom. The molecule has 60 valence electrons. The molecule has 1 fully saturated rings. The van der Waals surface area contributed by atoms with Crippen LogP contribution in [-0.2, 0) is 4.52 Å². The number of aliphatic hydroxyl groups is 1. The van der Waals surface area contributed by atoms with E-state index in [1.165, 1.54) is 12.8 Å². The van der Waals surface area contributed by atoms with E-state index < -0.39 is 0 Å². The molecule has 1 N–H and O–H groups in total. The smallest absolute Gasteiger partial charge is 0.0530 e. The molecule has 0 heterocycles. The van der Waals surface area contributed by atoms with Gasteiger partial charge in [-0.15, -0.1) is 0 Å². The molecule has 2 nitrogen and oxygen atoms in total. The molecule has 0 saturated heterocycles. The first-order valence-corrected chi connectivity index (χ1v) is 4.26. The van der Waals surface area contributed by atoms with Crippen LogP contribution in [0.3, 0.4) is 0 Å². The Hall–Kier alpha value is 0.350. The van der Waals surface area contributed by atoms with Gasteiger partial charge in [-0.2, -0.15) is 0 Å². The van der Waals surface area contributed by atoms with Gasteiger partial charge in [0.1, 0.15) is 0 Å². The highest BCUT2D eigenvalue weighted by Crippen LogP contribution is 2.30. The molecule has 1 aliphatic rings. The van der Waals surface area contributed by atoms with Crippen LogP contribution in [0, 0.1) is 11.8 Å². The summed E-state index contributed by atoms with van der Waals surface area (Å²) in [7, 11) is 2.27. The summed E-state index contributed by atoms with van der Waals surface area (Å²) in [5.41, 5.74) is 0. The molecule has 0 amide bonds. The first kappa shape index (κ1) is 8.45. The molecular formula is C7H15O2P. The van der Waals surface area contributed by atoms with Gasteiger partial charge in [-0.3, -0.25) is 0 Å². The van der Waals surface area contributed by atoms with Gasteiger partial charge in [0.2, 0.25) is 0 Å². The van der Waals surface area contributed by atoms with Crippen LogP contribution < -0.4 is 0 Å². The van der Waals surface area contributed by atoms with Crippen molar-refractivity contribution in [3.8, 4) is 0 Å². The van der Waals surface area contributed by atoms with Crippen molar-refractivity contribution in [3.63, 3.8) is 0 Å². The third-order valence-electron chi connectivity index (χ3n) is 2.24. The maximum Gasteiger partial charge on any atom is 0.0530 e. The maximum absolute atomic E-state index is 8.81. The van der Waals surface area contributed by atoms with Crippen LogP contribution >= 0.6 is 9.47 Å². The van der Waals surface area contributed by atoms with Gasteiger partial charge in [0.15, 0.2) is 0 Å². The normalized spacial score (nSPS) is 33.0. The Kier molecular flexibility index (Phi) is 3.61. The fraction of sp³-hybridized carbons (Fsp3) is 1.00. The Labute approximate surface area is 64.2 Å². The second-order valence-corrected chi connectivity index (χ2v) is 3.39. The standard InChI is InChI=1S/C7H15O2P/c8-4-6-1-2-7(3-6)5-9-10/h6-8H,1-5,10H2. The molecule has 0 radical (unpaired) electrons. The predicted octanol–water partition coefficient (Wildman–Crippen LogP) is 1.20. The maximum atomic E-state index is 8.81. The summed E-state index contributed by atoms with van der Waals surface area (Å²) >= 11 is 0. The van der Waals surface area contributed by atoms with Crippen LogP contribution in [0.25, 0.3) is 0 Å². The molecule has 1 rings (SSSR count). The second-order valence-electron chi connectivity index (χ2n) is 3.06. The molecule has 1 saturated carbocycles. The summed E-state index contributed by atoms with van der Waals surface area (Å²) in [6, 6.07) is 0. The summed E-state index contributed by atoms with van der Waals surface area (Å²) < 4.78 is 4.95. The highest BCUT2D eigenvalue weighted by Gasteiger charge is 2.23. The van der Waals surface area contributed by atoms with E-state index in [1.54, 1.807) is 0 Å². The van der Waals surface area contributed by atoms with Crippen LogP contribution in [0.2, 0.25) is 0 Å². The molecule has 0 aromatic carbocycles. The first-order valence-electron chi connectivity index (χ1n) is 3.79. The highest BCUT2D eigenvalue weighted by atomic mass is 31.0. The highest BCUT2D eigenvalue weighted by molar-refractivity contribution is 7.09. The molecule has 0 aromatic rings. The van der Waals surface area contributed by atoms with Gasteiger partial charge in [0, 0.05) is 16.1 Å². The van der Waals surface area contributed by atoms with E-state index in [0.717, 1.165) is 13.0 Å². The van der Waals surface area contributed by atoms with Crippen molar-refractivity contribution in [3.05, 3.63) is 0 Å². The summed E-state index contributed by atoms with van der Waals surface area (Å²) in [4.78, 5) is 0. The van der Waals surface area contributed by atoms with Crippen molar-refractivity contribution >= 4 is 9.47 Å². The van der Waals surface area contributed by atoms with E-state index in [2.05, 4.69) is 9.47 Å². The Balaban J connectivity index is 2.15. The minimum absolute atomic E-state index is 0.355. The number of aliphatic hydroxyl groups excluding tert-OH is 1. The summed E-state index contributed by atoms with van der Waals surface area (Å²) in [5.74, 6) is 1.24. The van der Waals surface area contributed by atoms with Crippen LogP contribution in [0.1, 0.15) is 19.3 Å². The molecular weight excluding hydrogens is 147 g/mol. The van der Waals surface area contributed by atoms with Crippen molar-refractivity contribution < 1.29 is 9.63 Å². The van der Waals surface area contributed by atoms with E-state index >= 15 is 0 Å². The van der Waals surface area contributed by atoms with E-state index in [1.807, 2.05) is 0 Å². The lowest BCUT2D eigenvalue weighted by Crippen LogP contribution is -2.04. The predicted molar refractivity (Wildman–Crippen MR) is 43.6 cm³/mol. The molecule has 0 aromatic heterocycles. The molecule has 3 heteroatoms. The van der Waals surface area contributed by atoms with Crippen molar-refractivity contribution in [2.45, 2.75) is 19.3 Å². The van der Waals surface area contributed by atoms with E-state index in [9.17, 15) is 0 Å². The van der Waals surface area contributed by atoms with Gasteiger partial charge in [0.25, 0.3) is 0 Å². The van der Waals surface area contributed by atoms with Crippen LogP contribution in [-0.4, -0.2) is 18.3 Å². The molecule has 0 spiro atoms.